The van der Waals surface area contributed by atoms with Crippen LogP contribution in [0.2, 0.25) is 0 Å². The van der Waals surface area contributed by atoms with Gasteiger partial charge in [0.15, 0.2) is 17.4 Å². The van der Waals surface area contributed by atoms with E-state index in [0.717, 1.165) is 28.6 Å². The number of carbonyl (C=O) groups excluding carboxylic acids is 2. The number of morpholine rings is 1. The Morgan fingerprint density at radius 1 is 1.27 bits per heavy atom. The molecule has 1 fully saturated rings. The summed E-state index contributed by atoms with van der Waals surface area (Å²) in [5.41, 5.74) is 9.54. The molecular weight excluding hydrogens is 586 g/mol. The standard InChI is InChI=1S/C29H31N9O5S/c1-41-24-13-21-25(44-11-6-31-21)14-23(24)38-22-12-20(18(15-30)27-32-4-2-5-33-27)34-16-19(22)28(36-38)35-29(40)43-9-3-7-37-8-10-42-26(39)17-37/h2,4-5,12-16,31H,3,6-11,17H2,1H3,(H3,30,32,33,34,35,36,40)/p+1. The minimum atomic E-state index is -0.625. The number of hydrogen-bond acceptors (Lipinski definition) is 12. The molecule has 0 atom stereocenters. The molecule has 5 N–H and O–H groups in total. The number of aromatic nitrogens is 5. The molecule has 0 saturated carbocycles. The molecule has 3 aromatic heterocycles. The minimum Gasteiger partial charge on any atom is -0.490 e. The molecule has 14 nitrogen and oxygen atoms in total. The Balaban J connectivity index is 1.31. The number of nitrogens with two attached hydrogens (primary N) is 1. The Labute approximate surface area is 257 Å². The summed E-state index contributed by atoms with van der Waals surface area (Å²) in [6.07, 6.45) is 6.30. The highest BCUT2D eigenvalue weighted by Crippen LogP contribution is 2.37. The first-order valence-corrected chi connectivity index (χ1v) is 15.1. The molecule has 1 aromatic carbocycles. The van der Waals surface area contributed by atoms with Crippen LogP contribution in [-0.4, -0.2) is 89.3 Å². The number of fused-ring (bicyclic) bond motifs is 2. The van der Waals surface area contributed by atoms with Crippen LogP contribution in [0.25, 0.3) is 22.2 Å². The number of amides is 1. The van der Waals surface area contributed by atoms with Crippen molar-refractivity contribution in [2.45, 2.75) is 11.3 Å². The Hall–Kier alpha value is -4.89. The first kappa shape index (κ1) is 29.2. The summed E-state index contributed by atoms with van der Waals surface area (Å²) >= 11 is 1.75. The van der Waals surface area contributed by atoms with Crippen molar-refractivity contribution in [1.82, 2.24) is 25.0 Å². The van der Waals surface area contributed by atoms with Gasteiger partial charge in [-0.1, -0.05) is 4.68 Å². The van der Waals surface area contributed by atoms with E-state index in [1.54, 1.807) is 43.5 Å². The van der Waals surface area contributed by atoms with Crippen molar-refractivity contribution in [2.75, 3.05) is 62.9 Å². The first-order chi connectivity index (χ1) is 21.5. The smallest absolute Gasteiger partial charge is 0.412 e. The van der Waals surface area contributed by atoms with E-state index in [9.17, 15) is 9.59 Å². The Bertz CT molecular complexity index is 1710. The van der Waals surface area contributed by atoms with Gasteiger partial charge in [0.05, 0.1) is 37.2 Å². The molecule has 228 valence electrons. The van der Waals surface area contributed by atoms with Crippen molar-refractivity contribution in [3.63, 3.8) is 0 Å². The van der Waals surface area contributed by atoms with E-state index >= 15 is 0 Å². The maximum Gasteiger partial charge on any atom is 0.412 e. The summed E-state index contributed by atoms with van der Waals surface area (Å²) in [5.74, 6) is 2.14. The van der Waals surface area contributed by atoms with Gasteiger partial charge in [0, 0.05) is 73.3 Å². The Morgan fingerprint density at radius 3 is 2.93 bits per heavy atom. The number of nitrogens with one attached hydrogen (secondary N) is 3. The molecule has 5 heterocycles. The second kappa shape index (κ2) is 13.2. The number of H-pyrrole nitrogens is 1. The number of rotatable bonds is 9. The Kier molecular flexibility index (Phi) is 8.74. The lowest BCUT2D eigenvalue weighted by atomic mass is 10.1. The fourth-order valence-corrected chi connectivity index (χ4v) is 5.98. The monoisotopic (exact) mass is 618 g/mol. The summed E-state index contributed by atoms with van der Waals surface area (Å²) in [6, 6.07) is 7.58. The van der Waals surface area contributed by atoms with Crippen molar-refractivity contribution in [3.8, 4) is 11.4 Å². The number of nitrogens with zero attached hydrogens (tertiary/aromatic N) is 5. The van der Waals surface area contributed by atoms with Crippen LogP contribution in [0.5, 0.6) is 5.75 Å². The molecule has 15 heteroatoms. The van der Waals surface area contributed by atoms with Gasteiger partial charge < -0.3 is 25.3 Å². The van der Waals surface area contributed by atoms with Crippen molar-refractivity contribution in [2.24, 2.45) is 5.73 Å². The zero-order valence-corrected chi connectivity index (χ0v) is 24.9. The fourth-order valence-electron chi connectivity index (χ4n) is 5.07. The van der Waals surface area contributed by atoms with Gasteiger partial charge in [-0.2, -0.15) is 0 Å². The van der Waals surface area contributed by atoms with Crippen LogP contribution in [-0.2, 0) is 14.3 Å². The number of esters is 1. The number of pyridine rings is 1. The lowest BCUT2D eigenvalue weighted by molar-refractivity contribution is -0.629. The molecule has 0 unspecified atom stereocenters. The zero-order valence-electron chi connectivity index (χ0n) is 24.0. The van der Waals surface area contributed by atoms with Gasteiger partial charge in [0.25, 0.3) is 11.2 Å². The van der Waals surface area contributed by atoms with E-state index in [1.807, 2.05) is 27.8 Å². The van der Waals surface area contributed by atoms with E-state index in [2.05, 4.69) is 30.7 Å². The summed E-state index contributed by atoms with van der Waals surface area (Å²) < 4.78 is 18.1. The van der Waals surface area contributed by atoms with Crippen LogP contribution < -0.4 is 25.8 Å². The number of aromatic amines is 1. The average Bonchev–Trinajstić information content (AvgIpc) is 3.40. The van der Waals surface area contributed by atoms with Gasteiger partial charge >= 0.3 is 12.1 Å². The lowest BCUT2D eigenvalue weighted by Gasteiger charge is -2.25. The highest BCUT2D eigenvalue weighted by Gasteiger charge is 2.29. The number of hydrogen-bond donors (Lipinski definition) is 4. The highest BCUT2D eigenvalue weighted by atomic mass is 32.2. The molecule has 0 radical (unpaired) electrons. The summed E-state index contributed by atoms with van der Waals surface area (Å²) in [6.45, 7) is 2.95. The summed E-state index contributed by atoms with van der Waals surface area (Å²) in [5, 5.41) is 10.2. The molecule has 0 bridgehead atoms. The topological polar surface area (TPSA) is 173 Å². The number of carbonyl (C=O) groups is 2. The number of cyclic esters (lactones) is 1. The van der Waals surface area contributed by atoms with Crippen LogP contribution >= 0.6 is 11.8 Å². The van der Waals surface area contributed by atoms with Crippen molar-refractivity contribution in [1.29, 1.82) is 0 Å². The van der Waals surface area contributed by atoms with E-state index in [-0.39, 0.29) is 19.1 Å². The third kappa shape index (κ3) is 6.23. The maximum atomic E-state index is 12.9. The molecule has 4 aromatic rings. The SMILES string of the molecule is COc1cc2c(cc1-[n+]1[nH]c(NC(=O)OCCCN3CCOC(=O)C3)c3cnc(/C(=C/N)c4ncccn4)cc31)SCCN2. The van der Waals surface area contributed by atoms with Crippen LogP contribution in [0.3, 0.4) is 0 Å². The van der Waals surface area contributed by atoms with Gasteiger partial charge in [-0.3, -0.25) is 20.0 Å². The van der Waals surface area contributed by atoms with Gasteiger partial charge in [-0.05, 0) is 12.5 Å². The van der Waals surface area contributed by atoms with Gasteiger partial charge in [-0.15, -0.1) is 16.9 Å². The van der Waals surface area contributed by atoms with Crippen LogP contribution in [0.1, 0.15) is 17.9 Å². The second-order valence-corrected chi connectivity index (χ2v) is 11.1. The maximum absolute atomic E-state index is 12.9. The van der Waals surface area contributed by atoms with Crippen molar-refractivity contribution < 1.29 is 28.5 Å². The number of methoxy groups -OCH3 is 1. The fraction of sp³-hybridized carbons (Fsp3) is 0.310. The predicted molar refractivity (Wildman–Crippen MR) is 164 cm³/mol. The molecule has 0 spiro atoms. The first-order valence-electron chi connectivity index (χ1n) is 14.1. The quantitative estimate of drug-likeness (QED) is 0.123. The number of benzene rings is 1. The third-order valence-electron chi connectivity index (χ3n) is 7.16. The van der Waals surface area contributed by atoms with Gasteiger partial charge in [-0.25, -0.2) is 14.8 Å². The van der Waals surface area contributed by atoms with E-state index < -0.39 is 6.09 Å². The molecule has 44 heavy (non-hydrogen) atoms. The minimum absolute atomic E-state index is 0.184. The van der Waals surface area contributed by atoms with Crippen molar-refractivity contribution in [3.05, 3.63) is 60.6 Å². The van der Waals surface area contributed by atoms with Gasteiger partial charge in [0.2, 0.25) is 0 Å². The summed E-state index contributed by atoms with van der Waals surface area (Å²) in [4.78, 5) is 40.7. The molecule has 6 rings (SSSR count). The van der Waals surface area contributed by atoms with Crippen LogP contribution in [0.4, 0.5) is 16.3 Å². The number of thioether (sulfide) groups is 1. The van der Waals surface area contributed by atoms with E-state index in [0.29, 0.717) is 65.7 Å². The largest absolute Gasteiger partial charge is 0.490 e. The van der Waals surface area contributed by atoms with Crippen molar-refractivity contribution >= 4 is 51.8 Å². The Morgan fingerprint density at radius 2 is 2.14 bits per heavy atom. The average molecular weight is 619 g/mol. The van der Waals surface area contributed by atoms with Crippen LogP contribution in [0, 0.1) is 0 Å². The lowest BCUT2D eigenvalue weighted by Crippen LogP contribution is -2.40. The van der Waals surface area contributed by atoms with Gasteiger partial charge in [0.1, 0.15) is 12.0 Å². The highest BCUT2D eigenvalue weighted by molar-refractivity contribution is 7.99. The summed E-state index contributed by atoms with van der Waals surface area (Å²) in [7, 11) is 1.62. The third-order valence-corrected chi connectivity index (χ3v) is 8.22. The molecule has 0 aliphatic carbocycles. The van der Waals surface area contributed by atoms with E-state index in [1.165, 1.54) is 6.20 Å². The molecule has 2 aliphatic heterocycles. The second-order valence-electron chi connectivity index (χ2n) is 9.97. The number of ether oxygens (including phenoxy) is 3. The molecule has 1 amide bonds. The normalized spacial score (nSPS) is 15.3. The molecule has 2 aliphatic rings. The molecule has 1 saturated heterocycles. The predicted octanol–water partition coefficient (Wildman–Crippen LogP) is 2.30. The van der Waals surface area contributed by atoms with E-state index in [4.69, 9.17) is 19.9 Å². The molecular formula is C29H32N9O5S+. The number of anilines is 2. The van der Waals surface area contributed by atoms with Crippen LogP contribution in [0.15, 0.2) is 54.0 Å². The zero-order chi connectivity index (χ0) is 30.5.